The highest BCUT2D eigenvalue weighted by molar-refractivity contribution is 6.04. The number of hydrogen-bond donors (Lipinski definition) is 4. The summed E-state index contributed by atoms with van der Waals surface area (Å²) in [6.07, 6.45) is 1.06. The van der Waals surface area contributed by atoms with Gasteiger partial charge >= 0.3 is 5.69 Å². The van der Waals surface area contributed by atoms with Crippen LogP contribution in [0.25, 0.3) is 0 Å². The van der Waals surface area contributed by atoms with Crippen molar-refractivity contribution in [3.8, 4) is 11.8 Å². The third-order valence-corrected chi connectivity index (χ3v) is 2.56. The Morgan fingerprint density at radius 3 is 2.76 bits per heavy atom. The van der Waals surface area contributed by atoms with Gasteiger partial charge in [-0.25, -0.2) is 4.79 Å². The molecule has 0 aliphatic carbocycles. The van der Waals surface area contributed by atoms with Crippen LogP contribution in [0.3, 0.4) is 0 Å². The van der Waals surface area contributed by atoms with Crippen LogP contribution < -0.4 is 22.3 Å². The normalized spacial score (nSPS) is 9.57. The van der Waals surface area contributed by atoms with E-state index >= 15 is 0 Å². The van der Waals surface area contributed by atoms with E-state index in [2.05, 4.69) is 22.1 Å². The Morgan fingerprint density at radius 2 is 2.05 bits per heavy atom. The number of amides is 1. The zero-order valence-electron chi connectivity index (χ0n) is 10.9. The Balaban J connectivity index is 2.32. The molecule has 0 aliphatic rings. The smallest absolute Gasteiger partial charge is 0.321 e. The Hall–Kier alpha value is -3.11. The molecule has 21 heavy (non-hydrogen) atoms. The van der Waals surface area contributed by atoms with Crippen molar-refractivity contribution in [2.24, 2.45) is 5.73 Å². The number of rotatable bonds is 2. The topological polar surface area (TPSA) is 121 Å². The predicted octanol–water partition coefficient (Wildman–Crippen LogP) is -0.374. The van der Waals surface area contributed by atoms with Crippen LogP contribution in [0.1, 0.15) is 15.9 Å². The molecule has 0 aliphatic heterocycles. The maximum Gasteiger partial charge on any atom is 0.325 e. The molecule has 0 saturated carbocycles. The molecule has 106 valence electrons. The van der Waals surface area contributed by atoms with Crippen LogP contribution in [-0.4, -0.2) is 22.4 Å². The van der Waals surface area contributed by atoms with Gasteiger partial charge in [0.1, 0.15) is 5.56 Å². The summed E-state index contributed by atoms with van der Waals surface area (Å²) in [4.78, 5) is 38.7. The molecule has 2 rings (SSSR count). The molecule has 0 radical (unpaired) electrons. The first-order chi connectivity index (χ1) is 10.1. The third-order valence-electron chi connectivity index (χ3n) is 2.56. The highest BCUT2D eigenvalue weighted by Crippen LogP contribution is 2.14. The maximum absolute atomic E-state index is 12.0. The summed E-state index contributed by atoms with van der Waals surface area (Å²) in [6, 6.07) is 6.86. The van der Waals surface area contributed by atoms with Gasteiger partial charge in [-0.1, -0.05) is 24.0 Å². The number of nitrogens with two attached hydrogens (primary N) is 1. The fraction of sp³-hybridized carbons (Fsp3) is 0.0714. The lowest BCUT2D eigenvalue weighted by Crippen LogP contribution is -2.29. The first-order valence-electron chi connectivity index (χ1n) is 6.03. The van der Waals surface area contributed by atoms with E-state index in [-0.39, 0.29) is 12.1 Å². The molecule has 0 atom stereocenters. The lowest BCUT2D eigenvalue weighted by molar-refractivity contribution is 0.102. The summed E-state index contributed by atoms with van der Waals surface area (Å²) in [7, 11) is 0. The van der Waals surface area contributed by atoms with Gasteiger partial charge in [-0.3, -0.25) is 14.6 Å². The molecule has 0 bridgehead atoms. The Kier molecular flexibility index (Phi) is 4.33. The van der Waals surface area contributed by atoms with E-state index in [1.165, 1.54) is 0 Å². The molecule has 2 aromatic rings. The number of aromatic amines is 2. The van der Waals surface area contributed by atoms with E-state index in [9.17, 15) is 14.4 Å². The van der Waals surface area contributed by atoms with Gasteiger partial charge in [-0.15, -0.1) is 0 Å². The first kappa shape index (κ1) is 14.3. The van der Waals surface area contributed by atoms with Gasteiger partial charge in [-0.05, 0) is 12.1 Å². The number of aromatic nitrogens is 2. The highest BCUT2D eigenvalue weighted by Gasteiger charge is 2.12. The fourth-order valence-electron chi connectivity index (χ4n) is 1.62. The summed E-state index contributed by atoms with van der Waals surface area (Å²) in [5, 5.41) is 2.57. The number of benzene rings is 1. The van der Waals surface area contributed by atoms with Crippen LogP contribution in [0.4, 0.5) is 5.69 Å². The SMILES string of the molecule is NCC#Cc1ccccc1NC(=O)c1c[nH]c(=O)[nH]c1=O. The van der Waals surface area contributed by atoms with Crippen LogP contribution in [0.15, 0.2) is 40.1 Å². The molecule has 1 heterocycles. The van der Waals surface area contributed by atoms with Crippen molar-refractivity contribution in [2.45, 2.75) is 0 Å². The van der Waals surface area contributed by atoms with E-state index in [1.54, 1.807) is 24.3 Å². The second kappa shape index (κ2) is 6.36. The first-order valence-corrected chi connectivity index (χ1v) is 6.03. The van der Waals surface area contributed by atoms with Gasteiger partial charge in [0, 0.05) is 11.8 Å². The minimum Gasteiger partial charge on any atom is -0.321 e. The molecular formula is C14H12N4O3. The minimum atomic E-state index is -0.762. The van der Waals surface area contributed by atoms with Crippen molar-refractivity contribution in [2.75, 3.05) is 11.9 Å². The lowest BCUT2D eigenvalue weighted by atomic mass is 10.1. The van der Waals surface area contributed by atoms with Crippen molar-refractivity contribution in [3.63, 3.8) is 0 Å². The van der Waals surface area contributed by atoms with Crippen LogP contribution in [0.2, 0.25) is 0 Å². The molecule has 0 fully saturated rings. The van der Waals surface area contributed by atoms with E-state index < -0.39 is 17.2 Å². The van der Waals surface area contributed by atoms with E-state index in [4.69, 9.17) is 5.73 Å². The standard InChI is InChI=1S/C14H12N4O3/c15-7-3-5-9-4-1-2-6-11(9)17-12(19)10-8-16-14(21)18-13(10)20/h1-2,4,6,8H,7,15H2,(H,17,19)(H2,16,18,20,21). The lowest BCUT2D eigenvalue weighted by Gasteiger charge is -2.06. The summed E-state index contributed by atoms with van der Waals surface area (Å²) >= 11 is 0. The monoisotopic (exact) mass is 284 g/mol. The Bertz CT molecular complexity index is 839. The fourth-order valence-corrected chi connectivity index (χ4v) is 1.62. The molecule has 7 heteroatoms. The summed E-state index contributed by atoms with van der Waals surface area (Å²) in [5.74, 6) is 4.86. The summed E-state index contributed by atoms with van der Waals surface area (Å²) < 4.78 is 0. The molecule has 1 aromatic carbocycles. The molecule has 0 saturated heterocycles. The largest absolute Gasteiger partial charge is 0.325 e. The molecule has 0 spiro atoms. The van der Waals surface area contributed by atoms with E-state index in [0.717, 1.165) is 6.20 Å². The van der Waals surface area contributed by atoms with Gasteiger partial charge in [0.25, 0.3) is 11.5 Å². The van der Waals surface area contributed by atoms with Crippen molar-refractivity contribution >= 4 is 11.6 Å². The van der Waals surface area contributed by atoms with Crippen LogP contribution in [0.5, 0.6) is 0 Å². The molecular weight excluding hydrogens is 272 g/mol. The van der Waals surface area contributed by atoms with Crippen molar-refractivity contribution in [3.05, 3.63) is 62.4 Å². The van der Waals surface area contributed by atoms with Crippen molar-refractivity contribution < 1.29 is 4.79 Å². The molecule has 5 N–H and O–H groups in total. The number of H-pyrrole nitrogens is 2. The number of para-hydroxylation sites is 1. The summed E-state index contributed by atoms with van der Waals surface area (Å²) in [5.41, 5.74) is 4.71. The second-order valence-electron chi connectivity index (χ2n) is 3.99. The van der Waals surface area contributed by atoms with Gasteiger partial charge in [0.05, 0.1) is 12.2 Å². The predicted molar refractivity (Wildman–Crippen MR) is 78.0 cm³/mol. The maximum atomic E-state index is 12.0. The van der Waals surface area contributed by atoms with Crippen LogP contribution in [-0.2, 0) is 0 Å². The zero-order valence-corrected chi connectivity index (χ0v) is 10.9. The number of hydrogen-bond acceptors (Lipinski definition) is 4. The molecule has 7 nitrogen and oxygen atoms in total. The molecule has 1 aromatic heterocycles. The van der Waals surface area contributed by atoms with E-state index in [0.29, 0.717) is 11.3 Å². The Labute approximate surface area is 119 Å². The van der Waals surface area contributed by atoms with Gasteiger partial charge in [-0.2, -0.15) is 0 Å². The van der Waals surface area contributed by atoms with Crippen molar-refractivity contribution in [1.29, 1.82) is 0 Å². The number of anilines is 1. The van der Waals surface area contributed by atoms with E-state index in [1.807, 2.05) is 4.98 Å². The van der Waals surface area contributed by atoms with Gasteiger partial charge in [0.2, 0.25) is 0 Å². The van der Waals surface area contributed by atoms with Gasteiger partial charge < -0.3 is 16.0 Å². The third kappa shape index (κ3) is 3.46. The zero-order chi connectivity index (χ0) is 15.2. The quantitative estimate of drug-likeness (QED) is 0.562. The van der Waals surface area contributed by atoms with Crippen molar-refractivity contribution in [1.82, 2.24) is 9.97 Å². The molecule has 0 unspecified atom stereocenters. The number of carbonyl (C=O) groups excluding carboxylic acids is 1. The number of nitrogens with one attached hydrogen (secondary N) is 3. The average molecular weight is 284 g/mol. The van der Waals surface area contributed by atoms with Gasteiger partial charge in [0.15, 0.2) is 0 Å². The van der Waals surface area contributed by atoms with Crippen LogP contribution in [0, 0.1) is 11.8 Å². The summed E-state index contributed by atoms with van der Waals surface area (Å²) in [6.45, 7) is 0.196. The Morgan fingerprint density at radius 1 is 1.29 bits per heavy atom. The molecule has 1 amide bonds. The highest BCUT2D eigenvalue weighted by atomic mass is 16.2. The second-order valence-corrected chi connectivity index (χ2v) is 3.99. The minimum absolute atomic E-state index is 0.196. The van der Waals surface area contributed by atoms with Crippen LogP contribution >= 0.6 is 0 Å². The average Bonchev–Trinajstić information content (AvgIpc) is 2.46. The number of carbonyl (C=O) groups is 1.